The van der Waals surface area contributed by atoms with E-state index in [4.69, 9.17) is 5.11 Å². The number of nitrogens with one attached hydrogen (secondary N) is 1. The number of hydrogen-bond acceptors (Lipinski definition) is 2. The first-order chi connectivity index (χ1) is 6.02. The molecule has 1 atom stereocenters. The molecule has 1 unspecified atom stereocenters. The largest absolute Gasteiger partial charge is 0.393 e. The smallest absolute Gasteiger partial charge is 0.220 e. The highest BCUT2D eigenvalue weighted by Crippen LogP contribution is 2.30. The molecule has 0 bridgehead atoms. The van der Waals surface area contributed by atoms with E-state index in [1.807, 2.05) is 0 Å². The van der Waals surface area contributed by atoms with Gasteiger partial charge in [0.2, 0.25) is 5.91 Å². The molecular weight excluding hydrogens is 166 g/mol. The van der Waals surface area contributed by atoms with Gasteiger partial charge in [0.25, 0.3) is 0 Å². The van der Waals surface area contributed by atoms with Crippen LogP contribution in [0.25, 0.3) is 0 Å². The molecule has 2 N–H and O–H groups in total. The lowest BCUT2D eigenvalue weighted by Gasteiger charge is -2.39. The summed E-state index contributed by atoms with van der Waals surface area (Å²) in [6.07, 6.45) is 4.02. The van der Waals surface area contributed by atoms with Crippen LogP contribution < -0.4 is 5.32 Å². The zero-order chi connectivity index (χ0) is 9.90. The molecule has 13 heavy (non-hydrogen) atoms. The predicted molar refractivity (Wildman–Crippen MR) is 51.3 cm³/mol. The second kappa shape index (κ2) is 4.09. The molecule has 1 saturated carbocycles. The van der Waals surface area contributed by atoms with E-state index in [-0.39, 0.29) is 17.6 Å². The lowest BCUT2D eigenvalue weighted by atomic mass is 9.78. The van der Waals surface area contributed by atoms with Gasteiger partial charge in [0, 0.05) is 12.0 Å². The van der Waals surface area contributed by atoms with E-state index in [9.17, 15) is 4.79 Å². The van der Waals surface area contributed by atoms with E-state index in [1.54, 1.807) is 6.92 Å². The zero-order valence-corrected chi connectivity index (χ0v) is 8.47. The fraction of sp³-hybridized carbons (Fsp3) is 0.900. The highest BCUT2D eigenvalue weighted by atomic mass is 16.3. The Labute approximate surface area is 79.5 Å². The molecule has 1 aliphatic carbocycles. The Hall–Kier alpha value is -0.570. The molecule has 3 heteroatoms. The molecule has 0 aliphatic heterocycles. The molecule has 0 aromatic carbocycles. The van der Waals surface area contributed by atoms with Gasteiger partial charge in [-0.1, -0.05) is 0 Å². The first-order valence-corrected chi connectivity index (χ1v) is 5.01. The van der Waals surface area contributed by atoms with Crippen LogP contribution in [0.15, 0.2) is 0 Å². The van der Waals surface area contributed by atoms with Crippen molar-refractivity contribution in [3.63, 3.8) is 0 Å². The average Bonchev–Trinajstić information content (AvgIpc) is 1.98. The normalized spacial score (nSPS) is 21.8. The molecule has 0 aromatic rings. The summed E-state index contributed by atoms with van der Waals surface area (Å²) in [7, 11) is 0. The highest BCUT2D eigenvalue weighted by molar-refractivity contribution is 5.76. The first-order valence-electron chi connectivity index (χ1n) is 5.01. The molecule has 1 fully saturated rings. The first kappa shape index (κ1) is 10.5. The molecule has 1 amide bonds. The van der Waals surface area contributed by atoms with Crippen molar-refractivity contribution >= 4 is 5.91 Å². The van der Waals surface area contributed by atoms with Crippen LogP contribution in [0.4, 0.5) is 0 Å². The summed E-state index contributed by atoms with van der Waals surface area (Å²) in [4.78, 5) is 11.3. The number of carbonyl (C=O) groups is 1. The zero-order valence-electron chi connectivity index (χ0n) is 8.47. The van der Waals surface area contributed by atoms with Gasteiger partial charge in [0.05, 0.1) is 6.10 Å². The number of hydrogen-bond donors (Lipinski definition) is 2. The number of rotatable bonds is 4. The Balaban J connectivity index is 2.17. The Morgan fingerprint density at radius 2 is 2.23 bits per heavy atom. The fourth-order valence-electron chi connectivity index (χ4n) is 1.57. The molecular formula is C10H19NO2. The molecule has 1 rings (SSSR count). The van der Waals surface area contributed by atoms with E-state index < -0.39 is 0 Å². The Bertz CT molecular complexity index is 185. The SMILES string of the molecule is CC(O)CCC(=O)NC1(C)CCC1. The summed E-state index contributed by atoms with van der Waals surface area (Å²) in [5, 5.41) is 12.0. The fourth-order valence-corrected chi connectivity index (χ4v) is 1.57. The second-order valence-electron chi connectivity index (χ2n) is 4.35. The van der Waals surface area contributed by atoms with Crippen molar-refractivity contribution in [2.24, 2.45) is 0 Å². The summed E-state index contributed by atoms with van der Waals surface area (Å²) in [6.45, 7) is 3.79. The minimum absolute atomic E-state index is 0.0514. The van der Waals surface area contributed by atoms with Crippen molar-refractivity contribution in [2.45, 2.75) is 57.6 Å². The maximum Gasteiger partial charge on any atom is 0.220 e. The maximum absolute atomic E-state index is 11.3. The van der Waals surface area contributed by atoms with Crippen LogP contribution >= 0.6 is 0 Å². The van der Waals surface area contributed by atoms with Gasteiger partial charge in [-0.25, -0.2) is 0 Å². The van der Waals surface area contributed by atoms with Crippen molar-refractivity contribution in [1.29, 1.82) is 0 Å². The third kappa shape index (κ3) is 3.35. The Morgan fingerprint density at radius 3 is 2.62 bits per heavy atom. The monoisotopic (exact) mass is 185 g/mol. The number of amides is 1. The van der Waals surface area contributed by atoms with Crippen molar-refractivity contribution < 1.29 is 9.90 Å². The molecule has 3 nitrogen and oxygen atoms in total. The van der Waals surface area contributed by atoms with E-state index in [0.29, 0.717) is 12.8 Å². The lowest BCUT2D eigenvalue weighted by molar-refractivity contribution is -0.124. The Morgan fingerprint density at radius 1 is 1.62 bits per heavy atom. The van der Waals surface area contributed by atoms with Crippen LogP contribution in [-0.2, 0) is 4.79 Å². The van der Waals surface area contributed by atoms with Crippen LogP contribution in [-0.4, -0.2) is 22.7 Å². The molecule has 76 valence electrons. The van der Waals surface area contributed by atoms with Gasteiger partial charge in [-0.15, -0.1) is 0 Å². The third-order valence-electron chi connectivity index (χ3n) is 2.69. The van der Waals surface area contributed by atoms with Crippen LogP contribution in [0, 0.1) is 0 Å². The second-order valence-corrected chi connectivity index (χ2v) is 4.35. The summed E-state index contributed by atoms with van der Waals surface area (Å²) in [6, 6.07) is 0. The molecule has 0 saturated heterocycles. The molecule has 0 heterocycles. The number of carbonyl (C=O) groups excluding carboxylic acids is 1. The van der Waals surface area contributed by atoms with E-state index in [1.165, 1.54) is 6.42 Å². The van der Waals surface area contributed by atoms with E-state index >= 15 is 0 Å². The minimum Gasteiger partial charge on any atom is -0.393 e. The molecule has 0 radical (unpaired) electrons. The van der Waals surface area contributed by atoms with Crippen LogP contribution in [0.2, 0.25) is 0 Å². The summed E-state index contributed by atoms with van der Waals surface area (Å²) in [5.41, 5.74) is 0.0514. The van der Waals surface area contributed by atoms with Gasteiger partial charge in [-0.05, 0) is 39.5 Å². The van der Waals surface area contributed by atoms with Crippen molar-refractivity contribution in [3.05, 3.63) is 0 Å². The third-order valence-corrected chi connectivity index (χ3v) is 2.69. The van der Waals surface area contributed by atoms with Crippen molar-refractivity contribution in [3.8, 4) is 0 Å². The van der Waals surface area contributed by atoms with Gasteiger partial charge < -0.3 is 10.4 Å². The summed E-state index contributed by atoms with van der Waals surface area (Å²) in [5.74, 6) is 0.0723. The number of aliphatic hydroxyl groups is 1. The van der Waals surface area contributed by atoms with Gasteiger partial charge in [0.15, 0.2) is 0 Å². The Kier molecular flexibility index (Phi) is 3.31. The van der Waals surface area contributed by atoms with Crippen molar-refractivity contribution in [2.75, 3.05) is 0 Å². The van der Waals surface area contributed by atoms with Gasteiger partial charge in [0.1, 0.15) is 0 Å². The lowest BCUT2D eigenvalue weighted by Crippen LogP contribution is -2.50. The van der Waals surface area contributed by atoms with Gasteiger partial charge in [-0.2, -0.15) is 0 Å². The van der Waals surface area contributed by atoms with E-state index in [0.717, 1.165) is 12.8 Å². The standard InChI is InChI=1S/C10H19NO2/c1-8(12)4-5-9(13)11-10(2)6-3-7-10/h8,12H,3-7H2,1-2H3,(H,11,13). The van der Waals surface area contributed by atoms with Crippen LogP contribution in [0.5, 0.6) is 0 Å². The number of aliphatic hydroxyl groups excluding tert-OH is 1. The minimum atomic E-state index is -0.375. The molecule has 1 aliphatic rings. The highest BCUT2D eigenvalue weighted by Gasteiger charge is 2.32. The maximum atomic E-state index is 11.3. The topological polar surface area (TPSA) is 49.3 Å². The predicted octanol–water partition coefficient (Wildman–Crippen LogP) is 1.21. The average molecular weight is 185 g/mol. The summed E-state index contributed by atoms with van der Waals surface area (Å²) < 4.78 is 0. The quantitative estimate of drug-likeness (QED) is 0.691. The molecule has 0 aromatic heterocycles. The van der Waals surface area contributed by atoms with Crippen molar-refractivity contribution in [1.82, 2.24) is 5.32 Å². The van der Waals surface area contributed by atoms with Gasteiger partial charge >= 0.3 is 0 Å². The van der Waals surface area contributed by atoms with E-state index in [2.05, 4.69) is 12.2 Å². The van der Waals surface area contributed by atoms with Crippen LogP contribution in [0.3, 0.4) is 0 Å². The molecule has 0 spiro atoms. The van der Waals surface area contributed by atoms with Gasteiger partial charge in [-0.3, -0.25) is 4.79 Å². The van der Waals surface area contributed by atoms with Crippen LogP contribution in [0.1, 0.15) is 46.0 Å². The summed E-state index contributed by atoms with van der Waals surface area (Å²) >= 11 is 0.